The molecule has 0 radical (unpaired) electrons. The third kappa shape index (κ3) is 2.70. The van der Waals surface area contributed by atoms with E-state index >= 15 is 0 Å². The quantitative estimate of drug-likeness (QED) is 0.884. The summed E-state index contributed by atoms with van der Waals surface area (Å²) in [6, 6.07) is 0.0180. The van der Waals surface area contributed by atoms with Gasteiger partial charge in [-0.3, -0.25) is 0 Å². The third-order valence-electron chi connectivity index (χ3n) is 6.67. The van der Waals surface area contributed by atoms with Gasteiger partial charge in [-0.25, -0.2) is 9.78 Å². The van der Waals surface area contributed by atoms with E-state index in [1.165, 1.54) is 38.5 Å². The highest BCUT2D eigenvalue weighted by atomic mass is 16.2. The van der Waals surface area contributed by atoms with Crippen LogP contribution in [0.1, 0.15) is 50.1 Å². The number of carbonyl (C=O) groups is 1. The number of urea groups is 1. The Kier molecular flexibility index (Phi) is 4.03. The second kappa shape index (κ2) is 6.06. The Morgan fingerprint density at radius 3 is 2.71 bits per heavy atom. The Hall–Kier alpha value is -1.56. The predicted octanol–water partition coefficient (Wildman–Crippen LogP) is 1.83. The van der Waals surface area contributed by atoms with Crippen LogP contribution in [0.25, 0.3) is 0 Å². The van der Waals surface area contributed by atoms with Gasteiger partial charge in [-0.05, 0) is 37.0 Å². The number of hydrogen-bond donors (Lipinski definition) is 2. The first-order chi connectivity index (χ1) is 11.6. The lowest BCUT2D eigenvalue weighted by Gasteiger charge is -2.52. The summed E-state index contributed by atoms with van der Waals surface area (Å²) in [5.74, 6) is 0.981. The van der Waals surface area contributed by atoms with Gasteiger partial charge in [-0.1, -0.05) is 12.8 Å². The molecule has 0 aromatic carbocycles. The summed E-state index contributed by atoms with van der Waals surface area (Å²) >= 11 is 0. The lowest BCUT2D eigenvalue weighted by atomic mass is 9.55. The molecule has 3 aliphatic rings. The number of aryl methyl sites for hydroxylation is 1. The van der Waals surface area contributed by atoms with Gasteiger partial charge in [-0.2, -0.15) is 0 Å². The normalized spacial score (nSPS) is 29.2. The fourth-order valence-corrected chi connectivity index (χ4v) is 4.68. The summed E-state index contributed by atoms with van der Waals surface area (Å²) in [5, 5.41) is 3.22. The van der Waals surface area contributed by atoms with E-state index in [0.717, 1.165) is 18.2 Å². The van der Waals surface area contributed by atoms with Crippen LogP contribution in [-0.4, -0.2) is 46.2 Å². The molecule has 2 amide bonds. The molecule has 2 atom stereocenters. The molecule has 132 valence electrons. The number of amides is 2. The van der Waals surface area contributed by atoms with Crippen molar-refractivity contribution in [3.8, 4) is 0 Å². The number of likely N-dealkylation sites (tertiary alicyclic amines) is 1. The Morgan fingerprint density at radius 2 is 2.17 bits per heavy atom. The highest BCUT2D eigenvalue weighted by molar-refractivity contribution is 5.74. The van der Waals surface area contributed by atoms with Gasteiger partial charge >= 0.3 is 6.03 Å². The van der Waals surface area contributed by atoms with Crippen LogP contribution < -0.4 is 11.1 Å². The maximum Gasteiger partial charge on any atom is 0.317 e. The zero-order valence-electron chi connectivity index (χ0n) is 14.6. The minimum Gasteiger partial charge on any atom is -0.340 e. The van der Waals surface area contributed by atoms with E-state index in [1.54, 1.807) is 6.33 Å². The van der Waals surface area contributed by atoms with Crippen molar-refractivity contribution < 1.29 is 4.79 Å². The summed E-state index contributed by atoms with van der Waals surface area (Å²) in [5.41, 5.74) is 7.67. The van der Waals surface area contributed by atoms with Crippen molar-refractivity contribution in [1.82, 2.24) is 19.8 Å². The van der Waals surface area contributed by atoms with Gasteiger partial charge in [0.25, 0.3) is 0 Å². The molecular weight excluding hydrogens is 302 g/mol. The highest BCUT2D eigenvalue weighted by Gasteiger charge is 2.46. The number of imidazole rings is 1. The standard InChI is InChI=1S/C18H29N5O/c1-22-10-16(21-12-22)14-8-23(9-15(14)19)17(24)20-11-18(6-3-7-18)13-4-2-5-13/h10,12-15H,2-9,11,19H2,1H3,(H,20,24)/t14-,15-/m1/s1. The maximum absolute atomic E-state index is 12.6. The molecule has 1 aliphatic heterocycles. The van der Waals surface area contributed by atoms with E-state index in [0.29, 0.717) is 18.5 Å². The molecule has 2 heterocycles. The van der Waals surface area contributed by atoms with E-state index in [1.807, 2.05) is 22.7 Å². The Balaban J connectivity index is 1.33. The fourth-order valence-electron chi connectivity index (χ4n) is 4.68. The SMILES string of the molecule is Cn1cnc([C@@H]2CN(C(=O)NCC3(C4CCC4)CCC3)C[C@H]2N)c1. The van der Waals surface area contributed by atoms with Gasteiger partial charge in [-0.15, -0.1) is 0 Å². The van der Waals surface area contributed by atoms with Gasteiger partial charge in [0.05, 0.1) is 12.0 Å². The van der Waals surface area contributed by atoms with Crippen molar-refractivity contribution in [3.63, 3.8) is 0 Å². The number of nitrogens with zero attached hydrogens (tertiary/aromatic N) is 3. The minimum absolute atomic E-state index is 0.0325. The average Bonchev–Trinajstić information content (AvgIpc) is 3.05. The largest absolute Gasteiger partial charge is 0.340 e. The first-order valence-electron chi connectivity index (χ1n) is 9.34. The molecule has 2 aliphatic carbocycles. The molecule has 3 N–H and O–H groups in total. The van der Waals surface area contributed by atoms with E-state index < -0.39 is 0 Å². The number of carbonyl (C=O) groups excluding carboxylic acids is 1. The molecule has 1 aromatic rings. The monoisotopic (exact) mass is 331 g/mol. The van der Waals surface area contributed by atoms with E-state index in [4.69, 9.17) is 5.73 Å². The Bertz CT molecular complexity index is 604. The number of hydrogen-bond acceptors (Lipinski definition) is 3. The van der Waals surface area contributed by atoms with Crippen LogP contribution in [0.4, 0.5) is 4.79 Å². The Labute approximate surface area is 143 Å². The summed E-state index contributed by atoms with van der Waals surface area (Å²) in [4.78, 5) is 18.9. The van der Waals surface area contributed by atoms with Crippen molar-refractivity contribution in [2.75, 3.05) is 19.6 Å². The second-order valence-corrected chi connectivity index (χ2v) is 8.14. The smallest absolute Gasteiger partial charge is 0.317 e. The summed E-state index contributed by atoms with van der Waals surface area (Å²) < 4.78 is 1.93. The zero-order chi connectivity index (χ0) is 16.7. The van der Waals surface area contributed by atoms with Crippen molar-refractivity contribution in [2.24, 2.45) is 24.1 Å². The lowest BCUT2D eigenvalue weighted by molar-refractivity contribution is 0.00455. The number of aromatic nitrogens is 2. The average molecular weight is 331 g/mol. The Morgan fingerprint density at radius 1 is 1.38 bits per heavy atom. The van der Waals surface area contributed by atoms with Gasteiger partial charge in [0.2, 0.25) is 0 Å². The molecule has 1 aromatic heterocycles. The molecule has 0 spiro atoms. The van der Waals surface area contributed by atoms with Gasteiger partial charge < -0.3 is 20.5 Å². The molecule has 6 nitrogen and oxygen atoms in total. The summed E-state index contributed by atoms with van der Waals surface area (Å²) in [6.45, 7) is 2.13. The molecule has 3 fully saturated rings. The predicted molar refractivity (Wildman–Crippen MR) is 92.5 cm³/mol. The van der Waals surface area contributed by atoms with E-state index in [2.05, 4.69) is 10.3 Å². The van der Waals surface area contributed by atoms with Gasteiger partial charge in [0.1, 0.15) is 0 Å². The van der Waals surface area contributed by atoms with E-state index in [-0.39, 0.29) is 18.0 Å². The lowest BCUT2D eigenvalue weighted by Crippen LogP contribution is -2.51. The maximum atomic E-state index is 12.6. The minimum atomic E-state index is -0.0325. The molecule has 0 unspecified atom stereocenters. The fraction of sp³-hybridized carbons (Fsp3) is 0.778. The molecular formula is C18H29N5O. The summed E-state index contributed by atoms with van der Waals surface area (Å²) in [6.07, 6.45) is 11.8. The number of rotatable bonds is 4. The van der Waals surface area contributed by atoms with Gasteiger partial charge in [0.15, 0.2) is 0 Å². The zero-order valence-corrected chi connectivity index (χ0v) is 14.6. The topological polar surface area (TPSA) is 76.2 Å². The third-order valence-corrected chi connectivity index (χ3v) is 6.67. The molecule has 4 rings (SSSR count). The van der Waals surface area contributed by atoms with Crippen molar-refractivity contribution >= 4 is 6.03 Å². The van der Waals surface area contributed by atoms with Crippen LogP contribution in [-0.2, 0) is 7.05 Å². The van der Waals surface area contributed by atoms with Crippen LogP contribution in [0.5, 0.6) is 0 Å². The first-order valence-corrected chi connectivity index (χ1v) is 9.34. The molecule has 1 saturated heterocycles. The number of nitrogens with one attached hydrogen (secondary N) is 1. The van der Waals surface area contributed by atoms with Crippen molar-refractivity contribution in [2.45, 2.75) is 50.5 Å². The molecule has 2 saturated carbocycles. The highest BCUT2D eigenvalue weighted by Crippen LogP contribution is 2.53. The molecule has 6 heteroatoms. The van der Waals surface area contributed by atoms with Crippen molar-refractivity contribution in [3.05, 3.63) is 18.2 Å². The van der Waals surface area contributed by atoms with Crippen LogP contribution in [0, 0.1) is 11.3 Å². The van der Waals surface area contributed by atoms with Crippen molar-refractivity contribution in [1.29, 1.82) is 0 Å². The first kappa shape index (κ1) is 15.9. The van der Waals surface area contributed by atoms with Gasteiger partial charge in [0, 0.05) is 44.8 Å². The van der Waals surface area contributed by atoms with Crippen LogP contribution in [0.2, 0.25) is 0 Å². The molecule has 24 heavy (non-hydrogen) atoms. The summed E-state index contributed by atoms with van der Waals surface area (Å²) in [7, 11) is 1.96. The van der Waals surface area contributed by atoms with Crippen LogP contribution in [0.15, 0.2) is 12.5 Å². The van der Waals surface area contributed by atoms with Crippen LogP contribution >= 0.6 is 0 Å². The van der Waals surface area contributed by atoms with Crippen LogP contribution in [0.3, 0.4) is 0 Å². The van der Waals surface area contributed by atoms with E-state index in [9.17, 15) is 4.79 Å². The number of nitrogens with two attached hydrogens (primary N) is 1. The molecule has 0 bridgehead atoms. The second-order valence-electron chi connectivity index (χ2n) is 8.14.